The number of hydrogen-bond donors (Lipinski definition) is 0. The van der Waals surface area contributed by atoms with Crippen LogP contribution in [0.1, 0.15) is 15.2 Å². The maximum Gasteiger partial charge on any atom is 0.177 e. The highest BCUT2D eigenvalue weighted by Crippen LogP contribution is 2.27. The lowest BCUT2D eigenvalue weighted by atomic mass is 10.0. The molecule has 6 rings (SSSR count). The van der Waals surface area contributed by atoms with Crippen LogP contribution in [0.25, 0.3) is 22.2 Å². The van der Waals surface area contributed by atoms with E-state index >= 15 is 0 Å². The molecule has 0 atom stereocenters. The third-order valence-corrected chi connectivity index (χ3v) is 7.93. The molecule has 6 nitrogen and oxygen atoms in total. The molecular formula is C29H24ClN5OS. The van der Waals surface area contributed by atoms with Gasteiger partial charge in [0.1, 0.15) is 5.82 Å². The minimum atomic E-state index is 0.0831. The molecule has 37 heavy (non-hydrogen) atoms. The molecule has 0 N–H and O–H groups in total. The molecular weight excluding hydrogens is 502 g/mol. The van der Waals surface area contributed by atoms with Crippen molar-refractivity contribution in [2.75, 3.05) is 36.0 Å². The van der Waals surface area contributed by atoms with Gasteiger partial charge in [0, 0.05) is 50.7 Å². The molecule has 2 aromatic carbocycles. The normalized spacial score (nSPS) is 13.8. The largest absolute Gasteiger partial charge is 0.368 e. The van der Waals surface area contributed by atoms with E-state index in [0.29, 0.717) is 15.6 Å². The zero-order valence-corrected chi connectivity index (χ0v) is 21.6. The van der Waals surface area contributed by atoms with Crippen molar-refractivity contribution in [2.24, 2.45) is 0 Å². The molecule has 5 aromatic rings. The number of hydrogen-bond acceptors (Lipinski definition) is 7. The lowest BCUT2D eigenvalue weighted by Gasteiger charge is -2.36. The molecule has 4 heterocycles. The summed E-state index contributed by atoms with van der Waals surface area (Å²) in [5, 5.41) is 0. The van der Waals surface area contributed by atoms with Crippen LogP contribution in [0.5, 0.6) is 0 Å². The maximum absolute atomic E-state index is 12.5. The highest BCUT2D eigenvalue weighted by Gasteiger charge is 2.19. The van der Waals surface area contributed by atoms with Crippen LogP contribution in [0.3, 0.4) is 0 Å². The monoisotopic (exact) mass is 525 g/mol. The van der Waals surface area contributed by atoms with Crippen molar-refractivity contribution in [1.82, 2.24) is 15.0 Å². The number of carbonyl (C=O) groups is 1. The van der Waals surface area contributed by atoms with E-state index in [-0.39, 0.29) is 5.78 Å². The van der Waals surface area contributed by atoms with E-state index < -0.39 is 0 Å². The molecule has 0 saturated carbocycles. The number of ketones is 1. The number of halogens is 1. The molecule has 3 aromatic heterocycles. The van der Waals surface area contributed by atoms with Crippen molar-refractivity contribution in [1.29, 1.82) is 0 Å². The quantitative estimate of drug-likeness (QED) is 0.247. The van der Waals surface area contributed by atoms with Crippen LogP contribution in [-0.4, -0.2) is 46.9 Å². The predicted molar refractivity (Wildman–Crippen MR) is 151 cm³/mol. The summed E-state index contributed by atoms with van der Waals surface area (Å²) < 4.78 is 0.633. The summed E-state index contributed by atoms with van der Waals surface area (Å²) in [5.74, 6) is 0.987. The summed E-state index contributed by atoms with van der Waals surface area (Å²) in [6.07, 6.45) is 5.90. The summed E-state index contributed by atoms with van der Waals surface area (Å²) >= 11 is 7.29. The van der Waals surface area contributed by atoms with Gasteiger partial charge in [-0.15, -0.1) is 11.3 Å². The molecule has 8 heteroatoms. The van der Waals surface area contributed by atoms with Gasteiger partial charge in [0.25, 0.3) is 0 Å². The van der Waals surface area contributed by atoms with Gasteiger partial charge < -0.3 is 9.80 Å². The molecule has 0 radical (unpaired) electrons. The van der Waals surface area contributed by atoms with Crippen molar-refractivity contribution in [2.45, 2.75) is 6.42 Å². The Balaban J connectivity index is 1.16. The van der Waals surface area contributed by atoms with Gasteiger partial charge in [-0.25, -0.2) is 4.98 Å². The second-order valence-electron chi connectivity index (χ2n) is 9.01. The van der Waals surface area contributed by atoms with Gasteiger partial charge >= 0.3 is 0 Å². The van der Waals surface area contributed by atoms with Gasteiger partial charge in [-0.2, -0.15) is 0 Å². The standard InChI is InChI=1S/C29H24ClN5OS/c30-28-8-7-27(37-28)26(36)17-20-1-3-21(4-2-20)22-5-6-24-25(18-22)33-29(19-32-24)35-15-13-34(14-16-35)23-9-11-31-12-10-23/h1-12,18-19H,13-17H2. The van der Waals surface area contributed by atoms with E-state index in [1.165, 1.54) is 17.0 Å². The number of pyridine rings is 1. The minimum absolute atomic E-state index is 0.0831. The number of nitrogens with zero attached hydrogens (tertiary/aromatic N) is 5. The molecule has 0 aliphatic carbocycles. The first-order valence-electron chi connectivity index (χ1n) is 12.2. The zero-order valence-electron chi connectivity index (χ0n) is 20.0. The number of piperazine rings is 1. The summed E-state index contributed by atoms with van der Waals surface area (Å²) in [7, 11) is 0. The van der Waals surface area contributed by atoms with Crippen LogP contribution < -0.4 is 9.80 Å². The number of fused-ring (bicyclic) bond motifs is 1. The van der Waals surface area contributed by atoms with Gasteiger partial charge in [0.05, 0.1) is 26.4 Å². The summed E-state index contributed by atoms with van der Waals surface area (Å²) in [4.78, 5) is 31.6. The van der Waals surface area contributed by atoms with E-state index in [1.54, 1.807) is 12.1 Å². The van der Waals surface area contributed by atoms with Crippen molar-refractivity contribution < 1.29 is 4.79 Å². The fraction of sp³-hybridized carbons (Fsp3) is 0.172. The van der Waals surface area contributed by atoms with Gasteiger partial charge in [0.15, 0.2) is 5.78 Å². The Kier molecular flexibility index (Phi) is 6.55. The number of carbonyl (C=O) groups excluding carboxylic acids is 1. The fourth-order valence-corrected chi connectivity index (χ4v) is 5.61. The number of Topliss-reactive ketones (excluding diaryl/α,β-unsaturated/α-hetero) is 1. The third kappa shape index (κ3) is 5.19. The van der Waals surface area contributed by atoms with Gasteiger partial charge in [0.2, 0.25) is 0 Å². The first-order chi connectivity index (χ1) is 18.1. The molecule has 184 valence electrons. The molecule has 0 bridgehead atoms. The van der Waals surface area contributed by atoms with E-state index in [2.05, 4.69) is 56.2 Å². The van der Waals surface area contributed by atoms with E-state index in [1.807, 2.05) is 36.8 Å². The van der Waals surface area contributed by atoms with Gasteiger partial charge in [-0.3, -0.25) is 14.8 Å². The topological polar surface area (TPSA) is 62.2 Å². The van der Waals surface area contributed by atoms with Crippen molar-refractivity contribution in [3.63, 3.8) is 0 Å². The summed E-state index contributed by atoms with van der Waals surface area (Å²) in [6.45, 7) is 3.64. The Morgan fingerprint density at radius 2 is 1.57 bits per heavy atom. The fourth-order valence-electron chi connectivity index (χ4n) is 4.63. The molecule has 1 aliphatic rings. The van der Waals surface area contributed by atoms with Crippen LogP contribution in [0.15, 0.2) is 85.3 Å². The van der Waals surface area contributed by atoms with Crippen LogP contribution >= 0.6 is 22.9 Å². The van der Waals surface area contributed by atoms with E-state index in [4.69, 9.17) is 16.6 Å². The highest BCUT2D eigenvalue weighted by molar-refractivity contribution is 7.18. The lowest BCUT2D eigenvalue weighted by Crippen LogP contribution is -2.46. The average Bonchev–Trinajstić information content (AvgIpc) is 3.40. The molecule has 0 spiro atoms. The number of aromatic nitrogens is 3. The van der Waals surface area contributed by atoms with Crippen LogP contribution in [0.2, 0.25) is 4.34 Å². The van der Waals surface area contributed by atoms with Crippen LogP contribution in [0.4, 0.5) is 11.5 Å². The van der Waals surface area contributed by atoms with Gasteiger partial charge in [-0.05, 0) is 53.1 Å². The van der Waals surface area contributed by atoms with Crippen LogP contribution in [0, 0.1) is 0 Å². The Morgan fingerprint density at radius 3 is 2.30 bits per heavy atom. The van der Waals surface area contributed by atoms with E-state index in [0.717, 1.165) is 59.7 Å². The Hall–Kier alpha value is -3.81. The van der Waals surface area contributed by atoms with Crippen LogP contribution in [-0.2, 0) is 6.42 Å². The third-order valence-electron chi connectivity index (χ3n) is 6.66. The van der Waals surface area contributed by atoms with Crippen molar-refractivity contribution in [3.05, 3.63) is 100 Å². The second kappa shape index (κ2) is 10.3. The number of rotatable bonds is 6. The smallest absolute Gasteiger partial charge is 0.177 e. The Bertz CT molecular complexity index is 1550. The van der Waals surface area contributed by atoms with Crippen molar-refractivity contribution in [3.8, 4) is 11.1 Å². The lowest BCUT2D eigenvalue weighted by molar-refractivity contribution is 0.0997. The second-order valence-corrected chi connectivity index (χ2v) is 10.7. The maximum atomic E-state index is 12.5. The molecule has 1 fully saturated rings. The Labute approximate surface area is 224 Å². The number of benzene rings is 2. The SMILES string of the molecule is O=C(Cc1ccc(-c2ccc3ncc(N4CCN(c5ccncc5)CC4)nc3c2)cc1)c1ccc(Cl)s1. The minimum Gasteiger partial charge on any atom is -0.368 e. The zero-order chi connectivity index (χ0) is 25.2. The molecule has 1 saturated heterocycles. The first kappa shape index (κ1) is 23.6. The Morgan fingerprint density at radius 1 is 0.838 bits per heavy atom. The predicted octanol–water partition coefficient (Wildman–Crippen LogP) is 6.16. The molecule has 0 amide bonds. The summed E-state index contributed by atoms with van der Waals surface area (Å²) in [6, 6.07) is 22.0. The summed E-state index contributed by atoms with van der Waals surface area (Å²) in [5.41, 5.74) is 6.09. The van der Waals surface area contributed by atoms with Gasteiger partial charge in [-0.1, -0.05) is 41.9 Å². The average molecular weight is 526 g/mol. The highest BCUT2D eigenvalue weighted by atomic mass is 35.5. The number of anilines is 2. The molecule has 1 aliphatic heterocycles. The number of thiophene rings is 1. The van der Waals surface area contributed by atoms with E-state index in [9.17, 15) is 4.79 Å². The first-order valence-corrected chi connectivity index (χ1v) is 13.4. The molecule has 0 unspecified atom stereocenters. The van der Waals surface area contributed by atoms with Crippen molar-refractivity contribution >= 4 is 51.3 Å².